The van der Waals surface area contributed by atoms with E-state index in [0.29, 0.717) is 0 Å². The zero-order valence-electron chi connectivity index (χ0n) is 7.09. The van der Waals surface area contributed by atoms with Crippen LogP contribution in [0.15, 0.2) is 16.7 Å². The molecule has 2 N–H and O–H groups in total. The van der Waals surface area contributed by atoms with Gasteiger partial charge < -0.3 is 10.3 Å². The van der Waals surface area contributed by atoms with E-state index in [9.17, 15) is 0 Å². The maximum Gasteiger partial charge on any atom is 0.169 e. The van der Waals surface area contributed by atoms with E-state index >= 15 is 0 Å². The Bertz CT molecular complexity index is 431. The molecule has 0 spiro atoms. The topological polar surface area (TPSA) is 52.0 Å². The zero-order chi connectivity index (χ0) is 8.72. The van der Waals surface area contributed by atoms with Crippen LogP contribution in [0.5, 0.6) is 0 Å². The molecule has 2 aromatic rings. The number of rotatable bonds is 0. The summed E-state index contributed by atoms with van der Waals surface area (Å²) in [4.78, 5) is 0. The molecule has 0 saturated heterocycles. The third-order valence-electron chi connectivity index (χ3n) is 1.96. The minimum absolute atomic E-state index is 0.719. The smallest absolute Gasteiger partial charge is 0.169 e. The third kappa shape index (κ3) is 0.863. The Morgan fingerprint density at radius 1 is 1.33 bits per heavy atom. The van der Waals surface area contributed by atoms with Crippen molar-refractivity contribution in [3.63, 3.8) is 0 Å². The predicted octanol–water partition coefficient (Wildman–Crippen LogP) is 2.03. The molecule has 12 heavy (non-hydrogen) atoms. The molecule has 1 aromatic heterocycles. The average molecular weight is 162 g/mol. The third-order valence-corrected chi connectivity index (χ3v) is 1.96. The standard InChI is InChI=1S/C9H10N2O/c1-5-3-7(10)4-8-9(5)6(2)11-12-8/h3-4H,10H2,1-2H3. The van der Waals surface area contributed by atoms with Gasteiger partial charge in [-0.25, -0.2) is 0 Å². The Labute approximate surface area is 70.1 Å². The highest BCUT2D eigenvalue weighted by molar-refractivity contribution is 5.85. The lowest BCUT2D eigenvalue weighted by Gasteiger charge is -1.96. The fraction of sp³-hybridized carbons (Fsp3) is 0.222. The van der Waals surface area contributed by atoms with Gasteiger partial charge in [-0.1, -0.05) is 5.16 Å². The Hall–Kier alpha value is -1.51. The molecule has 3 nitrogen and oxygen atoms in total. The lowest BCUT2D eigenvalue weighted by atomic mass is 10.1. The maximum absolute atomic E-state index is 5.65. The van der Waals surface area contributed by atoms with E-state index in [1.54, 1.807) is 6.07 Å². The fourth-order valence-electron chi connectivity index (χ4n) is 1.48. The van der Waals surface area contributed by atoms with Gasteiger partial charge in [-0.15, -0.1) is 0 Å². The molecular weight excluding hydrogens is 152 g/mol. The molecule has 0 radical (unpaired) electrons. The number of hydrogen-bond donors (Lipinski definition) is 1. The van der Waals surface area contributed by atoms with Crippen LogP contribution < -0.4 is 5.73 Å². The molecule has 0 unspecified atom stereocenters. The molecule has 0 aliphatic heterocycles. The molecule has 1 aromatic carbocycles. The van der Waals surface area contributed by atoms with Crippen LogP contribution >= 0.6 is 0 Å². The summed E-state index contributed by atoms with van der Waals surface area (Å²) < 4.78 is 5.08. The van der Waals surface area contributed by atoms with Crippen molar-refractivity contribution in [1.82, 2.24) is 5.16 Å². The summed E-state index contributed by atoms with van der Waals surface area (Å²) >= 11 is 0. The van der Waals surface area contributed by atoms with Crippen molar-refractivity contribution in [2.24, 2.45) is 0 Å². The second kappa shape index (κ2) is 2.24. The molecule has 1 heterocycles. The van der Waals surface area contributed by atoms with Crippen LogP contribution in [-0.4, -0.2) is 5.16 Å². The van der Waals surface area contributed by atoms with Crippen LogP contribution in [0, 0.1) is 13.8 Å². The largest absolute Gasteiger partial charge is 0.399 e. The van der Waals surface area contributed by atoms with Gasteiger partial charge in [0, 0.05) is 17.1 Å². The number of benzene rings is 1. The molecule has 0 atom stereocenters. The summed E-state index contributed by atoms with van der Waals surface area (Å²) in [7, 11) is 0. The van der Waals surface area contributed by atoms with Crippen molar-refractivity contribution in [2.75, 3.05) is 5.73 Å². The average Bonchev–Trinajstić information content (AvgIpc) is 2.31. The van der Waals surface area contributed by atoms with Gasteiger partial charge in [0.25, 0.3) is 0 Å². The predicted molar refractivity (Wildman–Crippen MR) is 47.9 cm³/mol. The molecule has 0 aliphatic carbocycles. The quantitative estimate of drug-likeness (QED) is 0.603. The highest BCUT2D eigenvalue weighted by atomic mass is 16.5. The molecule has 0 amide bonds. The Kier molecular flexibility index (Phi) is 1.33. The number of nitrogen functional groups attached to an aromatic ring is 1. The summed E-state index contributed by atoms with van der Waals surface area (Å²) in [6.45, 7) is 3.93. The van der Waals surface area contributed by atoms with E-state index in [1.807, 2.05) is 19.9 Å². The fourth-order valence-corrected chi connectivity index (χ4v) is 1.48. The zero-order valence-corrected chi connectivity index (χ0v) is 7.09. The highest BCUT2D eigenvalue weighted by Crippen LogP contribution is 2.24. The van der Waals surface area contributed by atoms with Gasteiger partial charge >= 0.3 is 0 Å². The van der Waals surface area contributed by atoms with E-state index < -0.39 is 0 Å². The van der Waals surface area contributed by atoms with Crippen LogP contribution in [0.25, 0.3) is 11.0 Å². The first-order valence-electron chi connectivity index (χ1n) is 3.80. The second-order valence-corrected chi connectivity index (χ2v) is 2.98. The summed E-state index contributed by atoms with van der Waals surface area (Å²) in [6, 6.07) is 3.72. The monoisotopic (exact) mass is 162 g/mol. The van der Waals surface area contributed by atoms with Gasteiger partial charge in [-0.2, -0.15) is 0 Å². The number of nitrogens with zero attached hydrogens (tertiary/aromatic N) is 1. The first kappa shape index (κ1) is 7.16. The van der Waals surface area contributed by atoms with Gasteiger partial charge in [0.05, 0.1) is 5.69 Å². The molecule has 0 fully saturated rings. The van der Waals surface area contributed by atoms with Crippen LogP contribution in [0.2, 0.25) is 0 Å². The Morgan fingerprint density at radius 3 is 2.83 bits per heavy atom. The lowest BCUT2D eigenvalue weighted by Crippen LogP contribution is -1.85. The summed E-state index contributed by atoms with van der Waals surface area (Å²) in [5.74, 6) is 0. The van der Waals surface area contributed by atoms with Crippen molar-refractivity contribution in [1.29, 1.82) is 0 Å². The maximum atomic E-state index is 5.65. The van der Waals surface area contributed by atoms with Crippen LogP contribution in [0.3, 0.4) is 0 Å². The van der Waals surface area contributed by atoms with Crippen molar-refractivity contribution in [2.45, 2.75) is 13.8 Å². The highest BCUT2D eigenvalue weighted by Gasteiger charge is 2.06. The molecule has 2 rings (SSSR count). The van der Waals surface area contributed by atoms with E-state index in [1.165, 1.54) is 0 Å². The van der Waals surface area contributed by atoms with Crippen molar-refractivity contribution >= 4 is 16.7 Å². The van der Waals surface area contributed by atoms with Crippen LogP contribution in [-0.2, 0) is 0 Å². The number of hydrogen-bond acceptors (Lipinski definition) is 3. The molecular formula is C9H10N2O. The van der Waals surface area contributed by atoms with E-state index in [2.05, 4.69) is 5.16 Å². The number of aryl methyl sites for hydroxylation is 2. The van der Waals surface area contributed by atoms with Gasteiger partial charge in [-0.3, -0.25) is 0 Å². The number of aromatic nitrogens is 1. The minimum Gasteiger partial charge on any atom is -0.399 e. The summed E-state index contributed by atoms with van der Waals surface area (Å²) in [6.07, 6.45) is 0. The van der Waals surface area contributed by atoms with Gasteiger partial charge in [0.2, 0.25) is 0 Å². The van der Waals surface area contributed by atoms with Gasteiger partial charge in [0.1, 0.15) is 0 Å². The first-order valence-corrected chi connectivity index (χ1v) is 3.80. The normalized spacial score (nSPS) is 10.8. The van der Waals surface area contributed by atoms with Gasteiger partial charge in [0.15, 0.2) is 5.58 Å². The summed E-state index contributed by atoms with van der Waals surface area (Å²) in [5.41, 5.74) is 9.17. The van der Waals surface area contributed by atoms with Crippen LogP contribution in [0.1, 0.15) is 11.3 Å². The Balaban J connectivity index is 2.93. The second-order valence-electron chi connectivity index (χ2n) is 2.98. The first-order chi connectivity index (χ1) is 5.68. The van der Waals surface area contributed by atoms with E-state index in [4.69, 9.17) is 10.3 Å². The molecule has 62 valence electrons. The minimum atomic E-state index is 0.719. The van der Waals surface area contributed by atoms with Crippen molar-refractivity contribution in [3.05, 3.63) is 23.4 Å². The molecule has 0 bridgehead atoms. The van der Waals surface area contributed by atoms with Crippen LogP contribution in [0.4, 0.5) is 5.69 Å². The molecule has 0 aliphatic rings. The SMILES string of the molecule is Cc1cc(N)cc2onc(C)c12. The Morgan fingerprint density at radius 2 is 2.08 bits per heavy atom. The van der Waals surface area contributed by atoms with Gasteiger partial charge in [-0.05, 0) is 25.5 Å². The lowest BCUT2D eigenvalue weighted by molar-refractivity contribution is 0.450. The number of fused-ring (bicyclic) bond motifs is 1. The molecule has 0 saturated carbocycles. The van der Waals surface area contributed by atoms with Crippen molar-refractivity contribution < 1.29 is 4.52 Å². The van der Waals surface area contributed by atoms with Crippen molar-refractivity contribution in [3.8, 4) is 0 Å². The van der Waals surface area contributed by atoms with E-state index in [0.717, 1.165) is 27.9 Å². The molecule has 3 heteroatoms. The number of nitrogens with two attached hydrogens (primary N) is 1. The van der Waals surface area contributed by atoms with E-state index in [-0.39, 0.29) is 0 Å². The number of anilines is 1. The summed E-state index contributed by atoms with van der Waals surface area (Å²) in [5, 5.41) is 4.94.